The van der Waals surface area contributed by atoms with Crippen molar-refractivity contribution < 1.29 is 4.74 Å². The SMILES string of the molecule is COCCC(C)(N)CN. The first-order valence-corrected chi connectivity index (χ1v) is 3.10. The molecule has 0 radical (unpaired) electrons. The molecule has 0 aromatic carbocycles. The molecule has 3 nitrogen and oxygen atoms in total. The minimum absolute atomic E-state index is 0.254. The monoisotopic (exact) mass is 132 g/mol. The predicted molar refractivity (Wildman–Crippen MR) is 38.1 cm³/mol. The molecule has 1 unspecified atom stereocenters. The molecule has 0 saturated heterocycles. The molecule has 56 valence electrons. The second-order valence-corrected chi connectivity index (χ2v) is 2.60. The van der Waals surface area contributed by atoms with Crippen LogP contribution in [0.1, 0.15) is 13.3 Å². The Kier molecular flexibility index (Phi) is 3.77. The van der Waals surface area contributed by atoms with Crippen LogP contribution >= 0.6 is 0 Å². The van der Waals surface area contributed by atoms with Crippen molar-refractivity contribution in [1.29, 1.82) is 0 Å². The van der Waals surface area contributed by atoms with E-state index in [-0.39, 0.29) is 5.54 Å². The lowest BCUT2D eigenvalue weighted by Gasteiger charge is -2.21. The molecule has 0 fully saturated rings. The third kappa shape index (κ3) is 4.39. The molecular formula is C6H16N2O. The van der Waals surface area contributed by atoms with Gasteiger partial charge in [0, 0.05) is 25.8 Å². The number of hydrogen-bond donors (Lipinski definition) is 2. The number of rotatable bonds is 4. The summed E-state index contributed by atoms with van der Waals surface area (Å²) in [4.78, 5) is 0. The fourth-order valence-corrected chi connectivity index (χ4v) is 0.437. The van der Waals surface area contributed by atoms with Crippen LogP contribution < -0.4 is 11.5 Å². The van der Waals surface area contributed by atoms with E-state index in [1.807, 2.05) is 6.92 Å². The number of hydrogen-bond acceptors (Lipinski definition) is 3. The van der Waals surface area contributed by atoms with E-state index in [1.54, 1.807) is 7.11 Å². The van der Waals surface area contributed by atoms with E-state index in [0.29, 0.717) is 13.2 Å². The average molecular weight is 132 g/mol. The van der Waals surface area contributed by atoms with Crippen LogP contribution in [0.4, 0.5) is 0 Å². The van der Waals surface area contributed by atoms with Crippen molar-refractivity contribution >= 4 is 0 Å². The zero-order valence-electron chi connectivity index (χ0n) is 6.18. The zero-order chi connectivity index (χ0) is 7.33. The van der Waals surface area contributed by atoms with Crippen LogP contribution in [0.25, 0.3) is 0 Å². The minimum Gasteiger partial charge on any atom is -0.385 e. The maximum absolute atomic E-state index is 5.70. The summed E-state index contributed by atoms with van der Waals surface area (Å²) in [6, 6.07) is 0. The van der Waals surface area contributed by atoms with Crippen LogP contribution in [-0.2, 0) is 4.74 Å². The van der Waals surface area contributed by atoms with E-state index in [1.165, 1.54) is 0 Å². The summed E-state index contributed by atoms with van der Waals surface area (Å²) in [7, 11) is 1.66. The summed E-state index contributed by atoms with van der Waals surface area (Å²) in [5.74, 6) is 0. The predicted octanol–water partition coefficient (Wildman–Crippen LogP) is -0.301. The summed E-state index contributed by atoms with van der Waals surface area (Å²) < 4.78 is 4.84. The fourth-order valence-electron chi connectivity index (χ4n) is 0.437. The van der Waals surface area contributed by atoms with Gasteiger partial charge in [-0.05, 0) is 13.3 Å². The van der Waals surface area contributed by atoms with Gasteiger partial charge >= 0.3 is 0 Å². The van der Waals surface area contributed by atoms with Crippen molar-refractivity contribution in [3.05, 3.63) is 0 Å². The second-order valence-electron chi connectivity index (χ2n) is 2.60. The van der Waals surface area contributed by atoms with Crippen LogP contribution in [0.3, 0.4) is 0 Å². The van der Waals surface area contributed by atoms with Gasteiger partial charge in [-0.2, -0.15) is 0 Å². The molecule has 9 heavy (non-hydrogen) atoms. The molecule has 1 atom stereocenters. The topological polar surface area (TPSA) is 61.3 Å². The summed E-state index contributed by atoms with van der Waals surface area (Å²) in [5.41, 5.74) is 10.8. The van der Waals surface area contributed by atoms with Crippen molar-refractivity contribution in [2.24, 2.45) is 11.5 Å². The van der Waals surface area contributed by atoms with E-state index in [4.69, 9.17) is 16.2 Å². The third-order valence-corrected chi connectivity index (χ3v) is 1.34. The maximum atomic E-state index is 5.70. The molecular weight excluding hydrogens is 116 g/mol. The molecule has 0 aliphatic carbocycles. The molecule has 0 aliphatic heterocycles. The van der Waals surface area contributed by atoms with Crippen molar-refractivity contribution in [2.75, 3.05) is 20.3 Å². The lowest BCUT2D eigenvalue weighted by atomic mass is 10.0. The van der Waals surface area contributed by atoms with Crippen molar-refractivity contribution in [1.82, 2.24) is 0 Å². The first kappa shape index (κ1) is 8.88. The summed E-state index contributed by atoms with van der Waals surface area (Å²) >= 11 is 0. The molecule has 0 aromatic heterocycles. The second kappa shape index (κ2) is 3.82. The first-order valence-electron chi connectivity index (χ1n) is 3.10. The number of nitrogens with two attached hydrogens (primary N) is 2. The number of methoxy groups -OCH3 is 1. The van der Waals surface area contributed by atoms with Gasteiger partial charge in [0.05, 0.1) is 0 Å². The number of ether oxygens (including phenoxy) is 1. The Morgan fingerprint density at radius 3 is 2.44 bits per heavy atom. The molecule has 4 N–H and O–H groups in total. The fraction of sp³-hybridized carbons (Fsp3) is 1.00. The van der Waals surface area contributed by atoms with E-state index in [2.05, 4.69) is 0 Å². The van der Waals surface area contributed by atoms with E-state index in [9.17, 15) is 0 Å². The summed E-state index contributed by atoms with van der Waals surface area (Å²) in [6.07, 6.45) is 0.819. The van der Waals surface area contributed by atoms with Gasteiger partial charge in [0.15, 0.2) is 0 Å². The quantitative estimate of drug-likeness (QED) is 0.552. The Bertz CT molecular complexity index is 73.5. The maximum Gasteiger partial charge on any atom is 0.0480 e. The van der Waals surface area contributed by atoms with E-state index < -0.39 is 0 Å². The molecule has 0 rings (SSSR count). The molecule has 0 heterocycles. The van der Waals surface area contributed by atoms with E-state index >= 15 is 0 Å². The summed E-state index contributed by atoms with van der Waals surface area (Å²) in [5, 5.41) is 0. The van der Waals surface area contributed by atoms with Crippen LogP contribution in [0.2, 0.25) is 0 Å². The molecule has 0 saturated carbocycles. The largest absolute Gasteiger partial charge is 0.385 e. The van der Waals surface area contributed by atoms with Gasteiger partial charge in [0.25, 0.3) is 0 Å². The van der Waals surface area contributed by atoms with Gasteiger partial charge in [-0.25, -0.2) is 0 Å². The van der Waals surface area contributed by atoms with Crippen LogP contribution in [0.5, 0.6) is 0 Å². The highest BCUT2D eigenvalue weighted by Crippen LogP contribution is 2.01. The van der Waals surface area contributed by atoms with Gasteiger partial charge in [0.1, 0.15) is 0 Å². The zero-order valence-corrected chi connectivity index (χ0v) is 6.18. The highest BCUT2D eigenvalue weighted by atomic mass is 16.5. The highest BCUT2D eigenvalue weighted by molar-refractivity contribution is 4.78. The normalized spacial score (nSPS) is 17.3. The molecule has 0 aliphatic rings. The lowest BCUT2D eigenvalue weighted by Crippen LogP contribution is -2.44. The van der Waals surface area contributed by atoms with Gasteiger partial charge < -0.3 is 16.2 Å². The lowest BCUT2D eigenvalue weighted by molar-refractivity contribution is 0.173. The van der Waals surface area contributed by atoms with Crippen LogP contribution in [0.15, 0.2) is 0 Å². The van der Waals surface area contributed by atoms with Crippen LogP contribution in [0, 0.1) is 0 Å². The highest BCUT2D eigenvalue weighted by Gasteiger charge is 2.14. The van der Waals surface area contributed by atoms with Gasteiger partial charge in [-0.1, -0.05) is 0 Å². The molecule has 0 amide bonds. The average Bonchev–Trinajstić information content (AvgIpc) is 1.84. The van der Waals surface area contributed by atoms with Crippen molar-refractivity contribution in [3.63, 3.8) is 0 Å². The first-order chi connectivity index (χ1) is 4.12. The van der Waals surface area contributed by atoms with E-state index in [0.717, 1.165) is 6.42 Å². The Labute approximate surface area is 56.4 Å². The van der Waals surface area contributed by atoms with Crippen molar-refractivity contribution in [2.45, 2.75) is 18.9 Å². The molecule has 0 spiro atoms. The van der Waals surface area contributed by atoms with Gasteiger partial charge in [0.2, 0.25) is 0 Å². The standard InChI is InChI=1S/C6H16N2O/c1-6(8,5-7)3-4-9-2/h3-5,7-8H2,1-2H3. The summed E-state index contributed by atoms with van der Waals surface area (Å²) in [6.45, 7) is 3.12. The Morgan fingerprint density at radius 2 is 2.11 bits per heavy atom. The Hall–Kier alpha value is -0.120. The van der Waals surface area contributed by atoms with Crippen molar-refractivity contribution in [3.8, 4) is 0 Å². The minimum atomic E-state index is -0.254. The molecule has 3 heteroatoms. The third-order valence-electron chi connectivity index (χ3n) is 1.34. The van der Waals surface area contributed by atoms with Crippen LogP contribution in [-0.4, -0.2) is 25.8 Å². The molecule has 0 aromatic rings. The Morgan fingerprint density at radius 1 is 1.56 bits per heavy atom. The Balaban J connectivity index is 3.33. The van der Waals surface area contributed by atoms with Gasteiger partial charge in [-0.15, -0.1) is 0 Å². The smallest absolute Gasteiger partial charge is 0.0480 e. The molecule has 0 bridgehead atoms. The van der Waals surface area contributed by atoms with Gasteiger partial charge in [-0.3, -0.25) is 0 Å².